The number of aromatic nitrogens is 1. The Morgan fingerprint density at radius 1 is 0.828 bits per heavy atom. The van der Waals surface area contributed by atoms with Crippen molar-refractivity contribution in [2.24, 2.45) is 0 Å². The number of rotatable bonds is 10. The molecule has 0 fully saturated rings. The second-order valence-electron chi connectivity index (χ2n) is 6.53. The maximum atomic E-state index is 11.8. The molecule has 150 valence electrons. The first-order valence-corrected chi connectivity index (χ1v) is 10.6. The molecule has 0 atom stereocenters. The van der Waals surface area contributed by atoms with Crippen LogP contribution in [-0.4, -0.2) is 24.1 Å². The number of benzene rings is 2. The van der Waals surface area contributed by atoms with E-state index in [2.05, 4.69) is 68.9 Å². The van der Waals surface area contributed by atoms with E-state index >= 15 is 0 Å². The third-order valence-electron chi connectivity index (χ3n) is 4.35. The molecule has 5 nitrogen and oxygen atoms in total. The number of amides is 2. The highest BCUT2D eigenvalue weighted by atomic mass is 32.2. The van der Waals surface area contributed by atoms with E-state index in [1.165, 1.54) is 16.0 Å². The molecule has 1 heterocycles. The number of unbranched alkanes of at least 4 members (excludes halogenated alkanes) is 1. The molecule has 0 radical (unpaired) electrons. The van der Waals surface area contributed by atoms with E-state index in [0.29, 0.717) is 13.1 Å². The SMILES string of the molecule is O=C(NCCCCNSc1ccccc1-c1ccccc1)NCc1ccncc1. The number of nitrogens with zero attached hydrogens (tertiary/aromatic N) is 1. The minimum absolute atomic E-state index is 0.138. The van der Waals surface area contributed by atoms with Crippen LogP contribution in [0, 0.1) is 0 Å². The third-order valence-corrected chi connectivity index (χ3v) is 5.27. The lowest BCUT2D eigenvalue weighted by Crippen LogP contribution is -2.35. The van der Waals surface area contributed by atoms with Crippen molar-refractivity contribution >= 4 is 18.0 Å². The molecule has 0 aliphatic heterocycles. The number of urea groups is 1. The molecule has 2 aromatic carbocycles. The summed E-state index contributed by atoms with van der Waals surface area (Å²) in [5.41, 5.74) is 3.49. The van der Waals surface area contributed by atoms with E-state index in [-0.39, 0.29) is 6.03 Å². The molecule has 6 heteroatoms. The summed E-state index contributed by atoms with van der Waals surface area (Å²) < 4.78 is 3.43. The Labute approximate surface area is 176 Å². The minimum atomic E-state index is -0.138. The molecule has 3 rings (SSSR count). The molecule has 2 amide bonds. The average Bonchev–Trinajstić information content (AvgIpc) is 2.78. The van der Waals surface area contributed by atoms with E-state index in [1.54, 1.807) is 24.3 Å². The first-order valence-electron chi connectivity index (χ1n) is 9.78. The summed E-state index contributed by atoms with van der Waals surface area (Å²) in [7, 11) is 0. The highest BCUT2D eigenvalue weighted by Crippen LogP contribution is 2.29. The fraction of sp³-hybridized carbons (Fsp3) is 0.217. The smallest absolute Gasteiger partial charge is 0.315 e. The van der Waals surface area contributed by atoms with Crippen LogP contribution in [0.4, 0.5) is 4.79 Å². The van der Waals surface area contributed by atoms with Gasteiger partial charge in [-0.25, -0.2) is 4.79 Å². The Hall–Kier alpha value is -2.83. The molecule has 0 unspecified atom stereocenters. The summed E-state index contributed by atoms with van der Waals surface area (Å²) in [6.07, 6.45) is 5.36. The summed E-state index contributed by atoms with van der Waals surface area (Å²) in [6.45, 7) is 2.05. The van der Waals surface area contributed by atoms with E-state index in [9.17, 15) is 4.79 Å². The van der Waals surface area contributed by atoms with Crippen LogP contribution < -0.4 is 15.4 Å². The molecule has 0 aliphatic rings. The second kappa shape index (κ2) is 11.9. The van der Waals surface area contributed by atoms with Gasteiger partial charge in [-0.3, -0.25) is 9.71 Å². The highest BCUT2D eigenvalue weighted by Gasteiger charge is 2.04. The Kier molecular flexibility index (Phi) is 8.56. The van der Waals surface area contributed by atoms with Gasteiger partial charge in [0.1, 0.15) is 0 Å². The summed E-state index contributed by atoms with van der Waals surface area (Å²) in [6, 6.07) is 22.5. The molecule has 0 aliphatic carbocycles. The van der Waals surface area contributed by atoms with Crippen LogP contribution in [0.5, 0.6) is 0 Å². The molecular formula is C23H26N4OS. The molecule has 3 N–H and O–H groups in total. The van der Waals surface area contributed by atoms with E-state index < -0.39 is 0 Å². The fourth-order valence-electron chi connectivity index (χ4n) is 2.81. The largest absolute Gasteiger partial charge is 0.338 e. The van der Waals surface area contributed by atoms with Crippen molar-refractivity contribution in [3.05, 3.63) is 84.7 Å². The van der Waals surface area contributed by atoms with Gasteiger partial charge in [0, 0.05) is 36.9 Å². The van der Waals surface area contributed by atoms with Crippen molar-refractivity contribution in [1.82, 2.24) is 20.3 Å². The predicted octanol–water partition coefficient (Wildman–Crippen LogP) is 4.62. The lowest BCUT2D eigenvalue weighted by Gasteiger charge is -2.10. The zero-order valence-electron chi connectivity index (χ0n) is 16.3. The number of nitrogens with one attached hydrogen (secondary N) is 3. The standard InChI is InChI=1S/C23H26N4OS/c28-23(26-18-19-12-16-24-17-13-19)25-14-6-7-15-27-29-22-11-5-4-10-21(22)20-8-2-1-3-9-20/h1-5,8-13,16-17,27H,6-7,14-15,18H2,(H2,25,26,28). The Balaban J connectivity index is 1.29. The van der Waals surface area contributed by atoms with E-state index in [1.807, 2.05) is 18.2 Å². The molecule has 0 spiro atoms. The van der Waals surface area contributed by atoms with Crippen molar-refractivity contribution in [3.8, 4) is 11.1 Å². The van der Waals surface area contributed by atoms with Gasteiger partial charge < -0.3 is 10.6 Å². The van der Waals surface area contributed by atoms with Crippen LogP contribution in [0.2, 0.25) is 0 Å². The Morgan fingerprint density at radius 3 is 2.38 bits per heavy atom. The van der Waals surface area contributed by atoms with Crippen LogP contribution >= 0.6 is 11.9 Å². The predicted molar refractivity (Wildman–Crippen MR) is 119 cm³/mol. The van der Waals surface area contributed by atoms with Crippen molar-refractivity contribution < 1.29 is 4.79 Å². The van der Waals surface area contributed by atoms with Gasteiger partial charge in [0.05, 0.1) is 0 Å². The normalized spacial score (nSPS) is 10.5. The van der Waals surface area contributed by atoms with Gasteiger partial charge >= 0.3 is 6.03 Å². The summed E-state index contributed by atoms with van der Waals surface area (Å²) in [5, 5.41) is 5.74. The molecule has 0 saturated heterocycles. The van der Waals surface area contributed by atoms with Gasteiger partial charge in [-0.05, 0) is 59.7 Å². The number of hydrogen-bond acceptors (Lipinski definition) is 4. The maximum Gasteiger partial charge on any atom is 0.315 e. The zero-order chi connectivity index (χ0) is 20.2. The lowest BCUT2D eigenvalue weighted by molar-refractivity contribution is 0.240. The Bertz CT molecular complexity index is 874. The van der Waals surface area contributed by atoms with Gasteiger partial charge in [-0.15, -0.1) is 0 Å². The van der Waals surface area contributed by atoms with Crippen molar-refractivity contribution in [2.45, 2.75) is 24.3 Å². The molecule has 3 aromatic rings. The van der Waals surface area contributed by atoms with Crippen molar-refractivity contribution in [3.63, 3.8) is 0 Å². The van der Waals surface area contributed by atoms with Crippen LogP contribution in [0.15, 0.2) is 84.0 Å². The Morgan fingerprint density at radius 2 is 1.55 bits per heavy atom. The summed E-state index contributed by atoms with van der Waals surface area (Å²) >= 11 is 1.66. The fourth-order valence-corrected chi connectivity index (χ4v) is 3.65. The number of carbonyl (C=O) groups excluding carboxylic acids is 1. The monoisotopic (exact) mass is 406 g/mol. The first kappa shape index (κ1) is 20.9. The molecule has 0 bridgehead atoms. The maximum absolute atomic E-state index is 11.8. The summed E-state index contributed by atoms with van der Waals surface area (Å²) in [4.78, 5) is 17.0. The molecular weight excluding hydrogens is 380 g/mol. The van der Waals surface area contributed by atoms with Gasteiger partial charge in [-0.1, -0.05) is 48.5 Å². The van der Waals surface area contributed by atoms with Crippen LogP contribution in [0.25, 0.3) is 11.1 Å². The molecule has 0 saturated carbocycles. The van der Waals surface area contributed by atoms with Gasteiger partial charge in [0.15, 0.2) is 0 Å². The van der Waals surface area contributed by atoms with E-state index in [4.69, 9.17) is 0 Å². The van der Waals surface area contributed by atoms with Crippen molar-refractivity contribution in [2.75, 3.05) is 13.1 Å². The highest BCUT2D eigenvalue weighted by molar-refractivity contribution is 7.97. The lowest BCUT2D eigenvalue weighted by atomic mass is 10.1. The number of pyridine rings is 1. The number of carbonyl (C=O) groups is 1. The number of hydrogen-bond donors (Lipinski definition) is 3. The van der Waals surface area contributed by atoms with Gasteiger partial charge in [-0.2, -0.15) is 0 Å². The van der Waals surface area contributed by atoms with Gasteiger partial charge in [0.2, 0.25) is 0 Å². The summed E-state index contributed by atoms with van der Waals surface area (Å²) in [5.74, 6) is 0. The van der Waals surface area contributed by atoms with E-state index in [0.717, 1.165) is 24.9 Å². The molecule has 29 heavy (non-hydrogen) atoms. The minimum Gasteiger partial charge on any atom is -0.338 e. The average molecular weight is 407 g/mol. The zero-order valence-corrected chi connectivity index (χ0v) is 17.1. The van der Waals surface area contributed by atoms with Crippen LogP contribution in [-0.2, 0) is 6.54 Å². The quantitative estimate of drug-likeness (QED) is 0.339. The van der Waals surface area contributed by atoms with Crippen LogP contribution in [0.3, 0.4) is 0 Å². The molecule has 1 aromatic heterocycles. The second-order valence-corrected chi connectivity index (χ2v) is 7.46. The van der Waals surface area contributed by atoms with Crippen LogP contribution in [0.1, 0.15) is 18.4 Å². The first-order chi connectivity index (χ1) is 14.3. The van der Waals surface area contributed by atoms with Gasteiger partial charge in [0.25, 0.3) is 0 Å². The third kappa shape index (κ3) is 7.25. The topological polar surface area (TPSA) is 66.1 Å². The van der Waals surface area contributed by atoms with Crippen molar-refractivity contribution in [1.29, 1.82) is 0 Å².